The third-order valence-corrected chi connectivity index (χ3v) is 3.55. The van der Waals surface area contributed by atoms with Gasteiger partial charge in [-0.2, -0.15) is 0 Å². The highest BCUT2D eigenvalue weighted by Crippen LogP contribution is 2.21. The van der Waals surface area contributed by atoms with Gasteiger partial charge in [0, 0.05) is 12.5 Å². The molecule has 0 spiro atoms. The Bertz CT molecular complexity index is 377. The molecule has 98 valence electrons. The van der Waals surface area contributed by atoms with Crippen LogP contribution in [0.15, 0.2) is 36.6 Å². The summed E-state index contributed by atoms with van der Waals surface area (Å²) in [5.74, 6) is 0.526. The van der Waals surface area contributed by atoms with Crippen LogP contribution in [0.5, 0.6) is 0 Å². The molecule has 2 heteroatoms. The molecule has 18 heavy (non-hydrogen) atoms. The second-order valence-corrected chi connectivity index (χ2v) is 4.99. The van der Waals surface area contributed by atoms with Crippen molar-refractivity contribution in [1.29, 1.82) is 0 Å². The van der Waals surface area contributed by atoms with Crippen LogP contribution in [-0.4, -0.2) is 19.3 Å². The van der Waals surface area contributed by atoms with Crippen LogP contribution in [0.25, 0.3) is 5.57 Å². The lowest BCUT2D eigenvalue weighted by molar-refractivity contribution is -0.00736. The van der Waals surface area contributed by atoms with Crippen molar-refractivity contribution in [2.24, 2.45) is 5.92 Å². The molecule has 2 atom stereocenters. The summed E-state index contributed by atoms with van der Waals surface area (Å²) in [5.41, 5.74) is 2.38. The highest BCUT2D eigenvalue weighted by Gasteiger charge is 2.21. The molecule has 2 nitrogen and oxygen atoms in total. The maximum Gasteiger partial charge on any atom is 0.100 e. The fraction of sp³-hybridized carbons (Fsp3) is 0.500. The standard InChI is InChI=1S/C16H22O2/c1-13(15-7-4-3-5-8-15)11-18-14(2)16-9-6-10-17-12-16/h3-5,7-8,11,14,16H,6,9-10,12H2,1-2H3/b13-11-. The second kappa shape index (κ2) is 6.60. The van der Waals surface area contributed by atoms with Crippen molar-refractivity contribution >= 4 is 5.57 Å². The summed E-state index contributed by atoms with van der Waals surface area (Å²) < 4.78 is 11.3. The van der Waals surface area contributed by atoms with Gasteiger partial charge in [0.2, 0.25) is 0 Å². The van der Waals surface area contributed by atoms with Crippen molar-refractivity contribution in [2.75, 3.05) is 13.2 Å². The zero-order chi connectivity index (χ0) is 12.8. The van der Waals surface area contributed by atoms with E-state index in [9.17, 15) is 0 Å². The molecule has 1 saturated heterocycles. The summed E-state index contributed by atoms with van der Waals surface area (Å²) in [5, 5.41) is 0. The fourth-order valence-electron chi connectivity index (χ4n) is 2.23. The lowest BCUT2D eigenvalue weighted by atomic mass is 9.97. The summed E-state index contributed by atoms with van der Waals surface area (Å²) in [6, 6.07) is 10.3. The maximum absolute atomic E-state index is 5.86. The summed E-state index contributed by atoms with van der Waals surface area (Å²) in [6.45, 7) is 5.95. The van der Waals surface area contributed by atoms with E-state index in [1.807, 2.05) is 24.5 Å². The van der Waals surface area contributed by atoms with Gasteiger partial charge in [0.15, 0.2) is 0 Å². The van der Waals surface area contributed by atoms with Crippen molar-refractivity contribution in [1.82, 2.24) is 0 Å². The zero-order valence-corrected chi connectivity index (χ0v) is 11.3. The van der Waals surface area contributed by atoms with E-state index in [0.29, 0.717) is 5.92 Å². The van der Waals surface area contributed by atoms with Gasteiger partial charge in [0.1, 0.15) is 6.10 Å². The summed E-state index contributed by atoms with van der Waals surface area (Å²) >= 11 is 0. The molecule has 1 heterocycles. The fourth-order valence-corrected chi connectivity index (χ4v) is 2.23. The normalized spacial score (nSPS) is 22.6. The predicted octanol–water partition coefficient (Wildman–Crippen LogP) is 3.88. The molecule has 1 aliphatic rings. The zero-order valence-electron chi connectivity index (χ0n) is 11.3. The molecule has 0 radical (unpaired) electrons. The molecule has 0 aliphatic carbocycles. The van der Waals surface area contributed by atoms with Crippen LogP contribution in [-0.2, 0) is 9.47 Å². The van der Waals surface area contributed by atoms with Crippen molar-refractivity contribution in [3.63, 3.8) is 0 Å². The Kier molecular flexibility index (Phi) is 4.82. The molecule has 2 rings (SSSR count). The minimum atomic E-state index is 0.226. The van der Waals surface area contributed by atoms with E-state index in [1.165, 1.54) is 17.6 Å². The molecule has 0 aromatic heterocycles. The number of hydrogen-bond donors (Lipinski definition) is 0. The number of allylic oxidation sites excluding steroid dienone is 1. The summed E-state index contributed by atoms with van der Waals surface area (Å²) in [4.78, 5) is 0. The lowest BCUT2D eigenvalue weighted by Crippen LogP contribution is -2.28. The average molecular weight is 246 g/mol. The van der Waals surface area contributed by atoms with E-state index in [4.69, 9.17) is 9.47 Å². The molecule has 1 fully saturated rings. The van der Waals surface area contributed by atoms with Crippen molar-refractivity contribution in [3.05, 3.63) is 42.2 Å². The Morgan fingerprint density at radius 2 is 2.17 bits per heavy atom. The monoisotopic (exact) mass is 246 g/mol. The predicted molar refractivity (Wildman–Crippen MR) is 74.2 cm³/mol. The van der Waals surface area contributed by atoms with Crippen LogP contribution < -0.4 is 0 Å². The third kappa shape index (κ3) is 3.61. The van der Waals surface area contributed by atoms with E-state index in [1.54, 1.807) is 0 Å². The molecule has 0 amide bonds. The van der Waals surface area contributed by atoms with Crippen LogP contribution in [0.2, 0.25) is 0 Å². The minimum Gasteiger partial charge on any atom is -0.498 e. The van der Waals surface area contributed by atoms with E-state index >= 15 is 0 Å². The van der Waals surface area contributed by atoms with Crippen LogP contribution >= 0.6 is 0 Å². The first-order valence-corrected chi connectivity index (χ1v) is 6.73. The van der Waals surface area contributed by atoms with E-state index < -0.39 is 0 Å². The quantitative estimate of drug-likeness (QED) is 0.751. The van der Waals surface area contributed by atoms with Crippen LogP contribution in [0.1, 0.15) is 32.3 Å². The highest BCUT2D eigenvalue weighted by molar-refractivity contribution is 5.62. The van der Waals surface area contributed by atoms with Gasteiger partial charge in [-0.3, -0.25) is 0 Å². The van der Waals surface area contributed by atoms with Gasteiger partial charge in [-0.25, -0.2) is 0 Å². The first-order chi connectivity index (χ1) is 8.77. The maximum atomic E-state index is 5.86. The number of ether oxygens (including phenoxy) is 2. The number of hydrogen-bond acceptors (Lipinski definition) is 2. The van der Waals surface area contributed by atoms with Gasteiger partial charge in [-0.15, -0.1) is 0 Å². The summed E-state index contributed by atoms with van der Waals surface area (Å²) in [6.07, 6.45) is 4.47. The average Bonchev–Trinajstić information content (AvgIpc) is 2.46. The molecule has 1 aromatic rings. The van der Waals surface area contributed by atoms with Crippen molar-refractivity contribution in [3.8, 4) is 0 Å². The van der Waals surface area contributed by atoms with Gasteiger partial charge >= 0.3 is 0 Å². The first-order valence-electron chi connectivity index (χ1n) is 6.73. The van der Waals surface area contributed by atoms with Gasteiger partial charge in [0.25, 0.3) is 0 Å². The van der Waals surface area contributed by atoms with Gasteiger partial charge in [0.05, 0.1) is 12.9 Å². The molecule has 2 unspecified atom stereocenters. The molecule has 1 aliphatic heterocycles. The lowest BCUT2D eigenvalue weighted by Gasteiger charge is -2.27. The van der Waals surface area contributed by atoms with Gasteiger partial charge in [-0.05, 0) is 37.8 Å². The van der Waals surface area contributed by atoms with Gasteiger partial charge < -0.3 is 9.47 Å². The Morgan fingerprint density at radius 3 is 2.83 bits per heavy atom. The molecule has 0 bridgehead atoms. The van der Waals surface area contributed by atoms with E-state index in [0.717, 1.165) is 19.6 Å². The Morgan fingerprint density at radius 1 is 1.39 bits per heavy atom. The van der Waals surface area contributed by atoms with E-state index in [-0.39, 0.29) is 6.10 Å². The third-order valence-electron chi connectivity index (χ3n) is 3.55. The van der Waals surface area contributed by atoms with Crippen molar-refractivity contribution < 1.29 is 9.47 Å². The Balaban J connectivity index is 1.89. The highest BCUT2D eigenvalue weighted by atomic mass is 16.5. The number of benzene rings is 1. The second-order valence-electron chi connectivity index (χ2n) is 4.99. The minimum absolute atomic E-state index is 0.226. The van der Waals surface area contributed by atoms with Crippen LogP contribution in [0, 0.1) is 5.92 Å². The Hall–Kier alpha value is -1.28. The topological polar surface area (TPSA) is 18.5 Å². The first kappa shape index (κ1) is 13.2. The Labute approximate surface area is 110 Å². The van der Waals surface area contributed by atoms with Gasteiger partial charge in [-0.1, -0.05) is 30.3 Å². The van der Waals surface area contributed by atoms with Crippen LogP contribution in [0.4, 0.5) is 0 Å². The van der Waals surface area contributed by atoms with Crippen molar-refractivity contribution in [2.45, 2.75) is 32.8 Å². The van der Waals surface area contributed by atoms with Crippen LogP contribution in [0.3, 0.4) is 0 Å². The smallest absolute Gasteiger partial charge is 0.100 e. The molecule has 0 N–H and O–H groups in total. The molecule has 0 saturated carbocycles. The van der Waals surface area contributed by atoms with E-state index in [2.05, 4.69) is 26.0 Å². The largest absolute Gasteiger partial charge is 0.498 e. The summed E-state index contributed by atoms with van der Waals surface area (Å²) in [7, 11) is 0. The molecular weight excluding hydrogens is 224 g/mol. The SMILES string of the molecule is C/C(=C/OC(C)C1CCCOC1)c1ccccc1. The molecule has 1 aromatic carbocycles. The molecular formula is C16H22O2. The number of rotatable bonds is 4.